The zero-order valence-corrected chi connectivity index (χ0v) is 15.9. The molecule has 0 unspecified atom stereocenters. The third-order valence-corrected chi connectivity index (χ3v) is 5.60. The fourth-order valence-electron chi connectivity index (χ4n) is 3.85. The number of thiocarbonyl (C=S) groups is 2. The average Bonchev–Trinajstić information content (AvgIpc) is 3.16. The fraction of sp³-hybridized carbons (Fsp3) is 0.556. The first-order valence-electron chi connectivity index (χ1n) is 8.74. The predicted octanol–water partition coefficient (Wildman–Crippen LogP) is 3.66. The van der Waals surface area contributed by atoms with Gasteiger partial charge in [0, 0.05) is 11.7 Å². The molecule has 0 aliphatic heterocycles. The van der Waals surface area contributed by atoms with Crippen molar-refractivity contribution in [3.63, 3.8) is 0 Å². The Balaban J connectivity index is 1.39. The SMILES string of the molecule is CC(C)c1ccc(NC(=S)NNC(=S)N[C@H]2C[C@H]3CC[C@@H]2C3)cc1. The van der Waals surface area contributed by atoms with Crippen LogP contribution in [0.1, 0.15) is 51.0 Å². The Hall–Kier alpha value is -1.40. The molecule has 2 aliphatic rings. The van der Waals surface area contributed by atoms with Crippen molar-refractivity contribution in [3.05, 3.63) is 29.8 Å². The second kappa shape index (κ2) is 7.66. The number of fused-ring (bicyclic) bond motifs is 2. The summed E-state index contributed by atoms with van der Waals surface area (Å²) in [6.07, 6.45) is 5.34. The van der Waals surface area contributed by atoms with Gasteiger partial charge in [0.2, 0.25) is 0 Å². The zero-order valence-electron chi connectivity index (χ0n) is 14.3. The molecule has 1 aromatic carbocycles. The average molecular weight is 363 g/mol. The van der Waals surface area contributed by atoms with Gasteiger partial charge in [-0.1, -0.05) is 32.4 Å². The Bertz CT molecular complexity index is 600. The van der Waals surface area contributed by atoms with Crippen LogP contribution in [-0.4, -0.2) is 16.3 Å². The Morgan fingerprint density at radius 2 is 1.71 bits per heavy atom. The smallest absolute Gasteiger partial charge is 0.189 e. The first-order valence-corrected chi connectivity index (χ1v) is 9.56. The number of hydrazine groups is 1. The summed E-state index contributed by atoms with van der Waals surface area (Å²) < 4.78 is 0. The standard InChI is InChI=1S/C18H26N4S2/c1-11(2)13-5-7-15(8-6-13)19-17(23)21-22-18(24)20-16-10-12-3-4-14(16)9-12/h5-8,11-12,14,16H,3-4,9-10H2,1-2H3,(H2,19,21,23)(H2,20,22,24)/t12-,14+,16-/m0/s1. The van der Waals surface area contributed by atoms with Crippen LogP contribution in [0.25, 0.3) is 0 Å². The molecular weight excluding hydrogens is 336 g/mol. The number of hydrogen-bond acceptors (Lipinski definition) is 2. The zero-order chi connectivity index (χ0) is 17.1. The van der Waals surface area contributed by atoms with E-state index in [0.717, 1.165) is 17.5 Å². The lowest BCUT2D eigenvalue weighted by Crippen LogP contribution is -2.51. The van der Waals surface area contributed by atoms with Gasteiger partial charge in [0.25, 0.3) is 0 Å². The molecule has 0 saturated heterocycles. The van der Waals surface area contributed by atoms with Crippen LogP contribution in [0, 0.1) is 11.8 Å². The minimum absolute atomic E-state index is 0.504. The summed E-state index contributed by atoms with van der Waals surface area (Å²) in [7, 11) is 0. The van der Waals surface area contributed by atoms with Gasteiger partial charge in [0.05, 0.1) is 0 Å². The molecule has 2 saturated carbocycles. The third kappa shape index (κ3) is 4.36. The van der Waals surface area contributed by atoms with Crippen LogP contribution in [0.3, 0.4) is 0 Å². The molecule has 4 N–H and O–H groups in total. The van der Waals surface area contributed by atoms with Crippen molar-refractivity contribution >= 4 is 40.3 Å². The lowest BCUT2D eigenvalue weighted by molar-refractivity contribution is 0.389. The summed E-state index contributed by atoms with van der Waals surface area (Å²) in [5, 5.41) is 7.70. The minimum Gasteiger partial charge on any atom is -0.358 e. The lowest BCUT2D eigenvalue weighted by atomic mass is 9.96. The molecule has 2 bridgehead atoms. The third-order valence-electron chi connectivity index (χ3n) is 5.18. The molecule has 6 heteroatoms. The van der Waals surface area contributed by atoms with E-state index in [4.69, 9.17) is 24.4 Å². The molecular formula is C18H26N4S2. The highest BCUT2D eigenvalue weighted by Crippen LogP contribution is 2.44. The maximum absolute atomic E-state index is 5.36. The van der Waals surface area contributed by atoms with Gasteiger partial charge in [-0.05, 0) is 79.1 Å². The Morgan fingerprint density at radius 1 is 1.00 bits per heavy atom. The Kier molecular flexibility index (Phi) is 5.56. The van der Waals surface area contributed by atoms with Gasteiger partial charge < -0.3 is 10.6 Å². The van der Waals surface area contributed by atoms with E-state index in [-0.39, 0.29) is 0 Å². The van der Waals surface area contributed by atoms with Crippen LogP contribution in [0.15, 0.2) is 24.3 Å². The highest BCUT2D eigenvalue weighted by molar-refractivity contribution is 7.80. The van der Waals surface area contributed by atoms with Gasteiger partial charge >= 0.3 is 0 Å². The number of benzene rings is 1. The largest absolute Gasteiger partial charge is 0.358 e. The van der Waals surface area contributed by atoms with Gasteiger partial charge in [-0.3, -0.25) is 10.9 Å². The molecule has 0 radical (unpaired) electrons. The van der Waals surface area contributed by atoms with Crippen molar-refractivity contribution in [1.29, 1.82) is 0 Å². The molecule has 0 amide bonds. The first kappa shape index (κ1) is 17.4. The van der Waals surface area contributed by atoms with E-state index in [1.165, 1.54) is 31.2 Å². The van der Waals surface area contributed by atoms with Crippen LogP contribution in [0.4, 0.5) is 5.69 Å². The molecule has 4 nitrogen and oxygen atoms in total. The maximum atomic E-state index is 5.36. The summed E-state index contributed by atoms with van der Waals surface area (Å²) in [5.41, 5.74) is 8.22. The highest BCUT2D eigenvalue weighted by Gasteiger charge is 2.39. The lowest BCUT2D eigenvalue weighted by Gasteiger charge is -2.24. The number of rotatable bonds is 3. The van der Waals surface area contributed by atoms with E-state index >= 15 is 0 Å². The van der Waals surface area contributed by atoms with Crippen LogP contribution < -0.4 is 21.5 Å². The van der Waals surface area contributed by atoms with Crippen molar-refractivity contribution < 1.29 is 0 Å². The summed E-state index contributed by atoms with van der Waals surface area (Å²) in [6, 6.07) is 8.83. The van der Waals surface area contributed by atoms with Crippen molar-refractivity contribution in [1.82, 2.24) is 16.2 Å². The second-order valence-electron chi connectivity index (χ2n) is 7.24. The number of hydrogen-bond donors (Lipinski definition) is 4. The van der Waals surface area contributed by atoms with Crippen LogP contribution in [0.5, 0.6) is 0 Å². The number of anilines is 1. The van der Waals surface area contributed by atoms with Gasteiger partial charge in [-0.2, -0.15) is 0 Å². The molecule has 0 aromatic heterocycles. The van der Waals surface area contributed by atoms with Gasteiger partial charge in [0.15, 0.2) is 10.2 Å². The minimum atomic E-state index is 0.504. The summed E-state index contributed by atoms with van der Waals surface area (Å²) in [6.45, 7) is 4.37. The molecule has 0 heterocycles. The van der Waals surface area contributed by atoms with E-state index in [0.29, 0.717) is 22.2 Å². The van der Waals surface area contributed by atoms with Crippen LogP contribution >= 0.6 is 24.4 Å². The molecule has 2 aliphatic carbocycles. The molecule has 2 fully saturated rings. The van der Waals surface area contributed by atoms with Crippen LogP contribution in [0.2, 0.25) is 0 Å². The highest BCUT2D eigenvalue weighted by atomic mass is 32.1. The molecule has 130 valence electrons. The maximum Gasteiger partial charge on any atom is 0.189 e. The van der Waals surface area contributed by atoms with E-state index in [1.807, 2.05) is 12.1 Å². The van der Waals surface area contributed by atoms with Gasteiger partial charge in [0.1, 0.15) is 0 Å². The van der Waals surface area contributed by atoms with Gasteiger partial charge in [-0.15, -0.1) is 0 Å². The normalized spacial score (nSPS) is 24.7. The molecule has 1 aromatic rings. The Morgan fingerprint density at radius 3 is 2.29 bits per heavy atom. The summed E-state index contributed by atoms with van der Waals surface area (Å²) in [4.78, 5) is 0. The first-order chi connectivity index (χ1) is 11.5. The Labute approximate surface area is 155 Å². The van der Waals surface area contributed by atoms with Crippen molar-refractivity contribution in [2.75, 3.05) is 5.32 Å². The monoisotopic (exact) mass is 362 g/mol. The molecule has 3 rings (SSSR count). The van der Waals surface area contributed by atoms with Gasteiger partial charge in [-0.25, -0.2) is 0 Å². The van der Waals surface area contributed by atoms with E-state index in [2.05, 4.69) is 47.5 Å². The quantitative estimate of drug-likeness (QED) is 0.486. The molecule has 24 heavy (non-hydrogen) atoms. The number of nitrogens with one attached hydrogen (secondary N) is 4. The fourth-order valence-corrected chi connectivity index (χ4v) is 4.22. The summed E-state index contributed by atoms with van der Waals surface area (Å²) >= 11 is 10.7. The predicted molar refractivity (Wildman–Crippen MR) is 108 cm³/mol. The van der Waals surface area contributed by atoms with E-state index in [1.54, 1.807) is 0 Å². The van der Waals surface area contributed by atoms with Crippen molar-refractivity contribution in [3.8, 4) is 0 Å². The second-order valence-corrected chi connectivity index (χ2v) is 8.05. The van der Waals surface area contributed by atoms with E-state index < -0.39 is 0 Å². The topological polar surface area (TPSA) is 48.1 Å². The summed E-state index contributed by atoms with van der Waals surface area (Å²) in [5.74, 6) is 2.22. The van der Waals surface area contributed by atoms with E-state index in [9.17, 15) is 0 Å². The molecule has 3 atom stereocenters. The van der Waals surface area contributed by atoms with Crippen LogP contribution in [-0.2, 0) is 0 Å². The van der Waals surface area contributed by atoms with Crippen molar-refractivity contribution in [2.24, 2.45) is 11.8 Å². The molecule has 0 spiro atoms. The van der Waals surface area contributed by atoms with Crippen molar-refractivity contribution in [2.45, 2.75) is 51.5 Å².